The fourth-order valence-electron chi connectivity index (χ4n) is 1.40. The van der Waals surface area contributed by atoms with Crippen molar-refractivity contribution < 1.29 is 8.78 Å². The lowest BCUT2D eigenvalue weighted by molar-refractivity contribution is 0.583. The topological polar surface area (TPSA) is 51.8 Å². The number of halogens is 2. The molecule has 1 aromatic carbocycles. The monoisotopic (exact) mass is 221 g/mol. The minimum Gasteiger partial charge on any atom is -0.368 e. The van der Waals surface area contributed by atoms with E-state index in [0.29, 0.717) is 5.56 Å². The molecule has 0 saturated heterocycles. The third-order valence-electron chi connectivity index (χ3n) is 2.21. The number of nitrogens with zero attached hydrogens (tertiary/aromatic N) is 2. The minimum absolute atomic E-state index is 0.0159. The largest absolute Gasteiger partial charge is 0.368 e. The van der Waals surface area contributed by atoms with E-state index in [-0.39, 0.29) is 17.2 Å². The van der Waals surface area contributed by atoms with E-state index in [4.69, 9.17) is 5.73 Å². The van der Waals surface area contributed by atoms with Gasteiger partial charge in [0.15, 0.2) is 0 Å². The van der Waals surface area contributed by atoms with Crippen molar-refractivity contribution in [3.63, 3.8) is 0 Å². The molecule has 5 heteroatoms. The first-order valence-corrected chi connectivity index (χ1v) is 4.63. The van der Waals surface area contributed by atoms with E-state index in [1.54, 1.807) is 6.92 Å². The molecule has 0 bridgehead atoms. The zero-order valence-electron chi connectivity index (χ0n) is 8.54. The highest BCUT2D eigenvalue weighted by molar-refractivity contribution is 5.62. The first-order valence-electron chi connectivity index (χ1n) is 4.63. The van der Waals surface area contributed by atoms with E-state index < -0.39 is 11.6 Å². The van der Waals surface area contributed by atoms with Gasteiger partial charge in [-0.05, 0) is 24.6 Å². The molecule has 0 amide bonds. The Kier molecular flexibility index (Phi) is 2.52. The third-order valence-corrected chi connectivity index (χ3v) is 2.21. The number of hydrogen-bond donors (Lipinski definition) is 1. The van der Waals surface area contributed by atoms with Crippen molar-refractivity contribution >= 4 is 5.95 Å². The van der Waals surface area contributed by atoms with E-state index in [2.05, 4.69) is 9.97 Å². The molecule has 2 rings (SSSR count). The molecule has 2 aromatic rings. The van der Waals surface area contributed by atoms with Crippen molar-refractivity contribution in [1.82, 2.24) is 9.97 Å². The van der Waals surface area contributed by atoms with Gasteiger partial charge in [-0.1, -0.05) is 6.07 Å². The maximum Gasteiger partial charge on any atom is 0.220 e. The van der Waals surface area contributed by atoms with Gasteiger partial charge in [-0.25, -0.2) is 18.7 Å². The highest BCUT2D eigenvalue weighted by Gasteiger charge is 2.14. The predicted octanol–water partition coefficient (Wildman–Crippen LogP) is 2.31. The first kappa shape index (κ1) is 10.5. The van der Waals surface area contributed by atoms with Gasteiger partial charge in [0, 0.05) is 6.20 Å². The number of aryl methyl sites for hydroxylation is 1. The maximum absolute atomic E-state index is 13.7. The average Bonchev–Trinajstić information content (AvgIpc) is 2.24. The van der Waals surface area contributed by atoms with Gasteiger partial charge >= 0.3 is 0 Å². The van der Waals surface area contributed by atoms with Gasteiger partial charge in [0.2, 0.25) is 5.95 Å². The van der Waals surface area contributed by atoms with E-state index in [9.17, 15) is 8.78 Å². The summed E-state index contributed by atoms with van der Waals surface area (Å²) in [6, 6.07) is 3.99. The lowest BCUT2D eigenvalue weighted by Gasteiger charge is -2.06. The zero-order valence-corrected chi connectivity index (χ0v) is 8.54. The number of hydrogen-bond acceptors (Lipinski definition) is 3. The Hall–Kier alpha value is -2.04. The van der Waals surface area contributed by atoms with Crippen LogP contribution < -0.4 is 5.73 Å². The van der Waals surface area contributed by atoms with Crippen LogP contribution in [0.2, 0.25) is 0 Å². The number of aromatic nitrogens is 2. The van der Waals surface area contributed by atoms with Crippen molar-refractivity contribution in [2.45, 2.75) is 6.92 Å². The molecule has 0 atom stereocenters. The number of nitrogens with two attached hydrogens (primary N) is 1. The third kappa shape index (κ3) is 1.71. The summed E-state index contributed by atoms with van der Waals surface area (Å²) in [7, 11) is 0. The molecular weight excluding hydrogens is 212 g/mol. The molecule has 16 heavy (non-hydrogen) atoms. The molecule has 0 aliphatic heterocycles. The first-order chi connectivity index (χ1) is 7.59. The molecule has 3 nitrogen and oxygen atoms in total. The van der Waals surface area contributed by atoms with Crippen molar-refractivity contribution in [3.8, 4) is 11.3 Å². The molecule has 0 spiro atoms. The van der Waals surface area contributed by atoms with Crippen LogP contribution in [0.4, 0.5) is 14.7 Å². The highest BCUT2D eigenvalue weighted by atomic mass is 19.1. The van der Waals surface area contributed by atoms with Gasteiger partial charge in [0.1, 0.15) is 11.6 Å². The molecule has 0 radical (unpaired) electrons. The van der Waals surface area contributed by atoms with Crippen molar-refractivity contribution in [1.29, 1.82) is 0 Å². The van der Waals surface area contributed by atoms with Crippen LogP contribution in [0, 0.1) is 18.6 Å². The molecule has 1 heterocycles. The fourth-order valence-corrected chi connectivity index (χ4v) is 1.40. The Bertz CT molecular complexity index is 541. The predicted molar refractivity (Wildman–Crippen MR) is 56.5 cm³/mol. The summed E-state index contributed by atoms with van der Waals surface area (Å²) in [5, 5.41) is 0. The van der Waals surface area contributed by atoms with Crippen LogP contribution in [0.25, 0.3) is 11.3 Å². The number of benzene rings is 1. The molecule has 2 N–H and O–H groups in total. The second-order valence-electron chi connectivity index (χ2n) is 3.35. The summed E-state index contributed by atoms with van der Waals surface area (Å²) in [6.45, 7) is 1.56. The molecule has 0 aliphatic rings. The molecule has 0 unspecified atom stereocenters. The van der Waals surface area contributed by atoms with Crippen molar-refractivity contribution in [2.75, 3.05) is 5.73 Å². The van der Waals surface area contributed by atoms with Crippen molar-refractivity contribution in [3.05, 3.63) is 41.6 Å². The van der Waals surface area contributed by atoms with E-state index in [1.165, 1.54) is 24.4 Å². The lowest BCUT2D eigenvalue weighted by atomic mass is 10.1. The van der Waals surface area contributed by atoms with Gasteiger partial charge in [-0.3, -0.25) is 0 Å². The molecule has 82 valence electrons. The van der Waals surface area contributed by atoms with Gasteiger partial charge in [0.05, 0.1) is 11.3 Å². The van der Waals surface area contributed by atoms with Crippen LogP contribution in [0.15, 0.2) is 24.4 Å². The van der Waals surface area contributed by atoms with E-state index in [0.717, 1.165) is 0 Å². The summed E-state index contributed by atoms with van der Waals surface area (Å²) in [6.07, 6.45) is 1.36. The standard InChI is InChI=1S/C11H9F2N3/c1-6-2-3-7(12)9(10(6)13)8-4-5-15-11(14)16-8/h2-5H,1H3,(H2,14,15,16). The maximum atomic E-state index is 13.7. The summed E-state index contributed by atoms with van der Waals surface area (Å²) in [4.78, 5) is 7.46. The van der Waals surface area contributed by atoms with Gasteiger partial charge in [-0.15, -0.1) is 0 Å². The number of rotatable bonds is 1. The Morgan fingerprint density at radius 3 is 2.62 bits per heavy atom. The second kappa shape index (κ2) is 3.84. The Balaban J connectivity index is 2.68. The second-order valence-corrected chi connectivity index (χ2v) is 3.35. The Morgan fingerprint density at radius 1 is 1.19 bits per heavy atom. The smallest absolute Gasteiger partial charge is 0.220 e. The summed E-state index contributed by atoms with van der Waals surface area (Å²) in [5.41, 5.74) is 5.69. The summed E-state index contributed by atoms with van der Waals surface area (Å²) >= 11 is 0. The van der Waals surface area contributed by atoms with Gasteiger partial charge in [-0.2, -0.15) is 0 Å². The summed E-state index contributed by atoms with van der Waals surface area (Å²) < 4.78 is 27.2. The lowest BCUT2D eigenvalue weighted by Crippen LogP contribution is -1.99. The summed E-state index contributed by atoms with van der Waals surface area (Å²) in [5.74, 6) is -1.31. The van der Waals surface area contributed by atoms with Crippen LogP contribution in [0.3, 0.4) is 0 Å². The van der Waals surface area contributed by atoms with E-state index in [1.807, 2.05) is 0 Å². The normalized spacial score (nSPS) is 10.4. The van der Waals surface area contributed by atoms with Crippen molar-refractivity contribution in [2.24, 2.45) is 0 Å². The van der Waals surface area contributed by atoms with Crippen LogP contribution in [0.1, 0.15) is 5.56 Å². The number of nitrogen functional groups attached to an aromatic ring is 1. The van der Waals surface area contributed by atoms with Gasteiger partial charge in [0.25, 0.3) is 0 Å². The fraction of sp³-hybridized carbons (Fsp3) is 0.0909. The van der Waals surface area contributed by atoms with Crippen LogP contribution in [-0.4, -0.2) is 9.97 Å². The molecular formula is C11H9F2N3. The Morgan fingerprint density at radius 2 is 1.94 bits per heavy atom. The average molecular weight is 221 g/mol. The molecule has 0 aliphatic carbocycles. The quantitative estimate of drug-likeness (QED) is 0.803. The minimum atomic E-state index is -0.666. The zero-order chi connectivity index (χ0) is 11.7. The SMILES string of the molecule is Cc1ccc(F)c(-c2ccnc(N)n2)c1F. The van der Waals surface area contributed by atoms with E-state index >= 15 is 0 Å². The Labute approximate surface area is 91.0 Å². The molecule has 0 fully saturated rings. The molecule has 0 saturated carbocycles. The van der Waals surface area contributed by atoms with Gasteiger partial charge < -0.3 is 5.73 Å². The molecule has 1 aromatic heterocycles. The van der Waals surface area contributed by atoms with Crippen LogP contribution >= 0.6 is 0 Å². The number of anilines is 1. The van der Waals surface area contributed by atoms with Crippen LogP contribution in [-0.2, 0) is 0 Å². The highest BCUT2D eigenvalue weighted by Crippen LogP contribution is 2.26. The van der Waals surface area contributed by atoms with Crippen LogP contribution in [0.5, 0.6) is 0 Å².